The van der Waals surface area contributed by atoms with Gasteiger partial charge in [-0.2, -0.15) is 0 Å². The molecule has 1 aromatic carbocycles. The lowest BCUT2D eigenvalue weighted by molar-refractivity contribution is 0.635. The fraction of sp³-hybridized carbons (Fsp3) is 0.357. The second-order valence-corrected chi connectivity index (χ2v) is 5.10. The quantitative estimate of drug-likeness (QED) is 0.712. The van der Waals surface area contributed by atoms with Crippen LogP contribution in [0.1, 0.15) is 36.6 Å². The number of aryl methyl sites for hydroxylation is 2. The van der Waals surface area contributed by atoms with E-state index in [1.54, 1.807) is 0 Å². The minimum atomic E-state index is -0.305. The van der Waals surface area contributed by atoms with Gasteiger partial charge in [0.25, 0.3) is 0 Å². The number of hydrogen-bond acceptors (Lipinski definition) is 1. The summed E-state index contributed by atoms with van der Waals surface area (Å²) in [5, 5.41) is 1.34. The molecule has 90 valence electrons. The third-order valence-electron chi connectivity index (χ3n) is 2.93. The SMILES string of the molecule is Cc1cc(F)c2nc(C)c(C(C)C)c(Cl)c2c1. The predicted molar refractivity (Wildman–Crippen MR) is 70.3 cm³/mol. The van der Waals surface area contributed by atoms with Crippen LogP contribution in [0.3, 0.4) is 0 Å². The minimum Gasteiger partial charge on any atom is -0.250 e. The Morgan fingerprint density at radius 1 is 1.24 bits per heavy atom. The van der Waals surface area contributed by atoms with Crippen LogP contribution in [0.5, 0.6) is 0 Å². The summed E-state index contributed by atoms with van der Waals surface area (Å²) in [5.41, 5.74) is 3.03. The van der Waals surface area contributed by atoms with Crippen molar-refractivity contribution in [2.45, 2.75) is 33.6 Å². The molecule has 0 radical (unpaired) electrons. The molecule has 1 heterocycles. The number of halogens is 2. The Hall–Kier alpha value is -1.15. The predicted octanol–water partition coefficient (Wildman–Crippen LogP) is 4.77. The average Bonchev–Trinajstić information content (AvgIpc) is 2.19. The highest BCUT2D eigenvalue weighted by atomic mass is 35.5. The van der Waals surface area contributed by atoms with Crippen molar-refractivity contribution in [3.63, 3.8) is 0 Å². The van der Waals surface area contributed by atoms with Gasteiger partial charge in [-0.25, -0.2) is 9.37 Å². The molecule has 0 saturated heterocycles. The van der Waals surface area contributed by atoms with E-state index < -0.39 is 0 Å². The van der Waals surface area contributed by atoms with Gasteiger partial charge >= 0.3 is 0 Å². The van der Waals surface area contributed by atoms with Crippen molar-refractivity contribution in [2.75, 3.05) is 0 Å². The zero-order chi connectivity index (χ0) is 12.7. The largest absolute Gasteiger partial charge is 0.250 e. The molecule has 0 aliphatic rings. The molecule has 0 atom stereocenters. The molecule has 0 fully saturated rings. The van der Waals surface area contributed by atoms with Crippen LogP contribution in [0, 0.1) is 19.7 Å². The lowest BCUT2D eigenvalue weighted by atomic mass is 9.98. The van der Waals surface area contributed by atoms with Gasteiger partial charge in [0.2, 0.25) is 0 Å². The Bertz CT molecular complexity index is 591. The first-order chi connectivity index (χ1) is 7.91. The number of nitrogens with zero attached hydrogens (tertiary/aromatic N) is 1. The number of fused-ring (bicyclic) bond motifs is 1. The van der Waals surface area contributed by atoms with Gasteiger partial charge in [0.05, 0.1) is 5.02 Å². The van der Waals surface area contributed by atoms with Crippen LogP contribution in [-0.2, 0) is 0 Å². The zero-order valence-corrected chi connectivity index (χ0v) is 11.2. The molecule has 1 aromatic heterocycles. The number of benzene rings is 1. The number of pyridine rings is 1. The Balaban J connectivity index is 2.92. The molecular formula is C14H15ClFN. The van der Waals surface area contributed by atoms with Crippen LogP contribution in [0.4, 0.5) is 4.39 Å². The summed E-state index contributed by atoms with van der Waals surface area (Å²) in [6.45, 7) is 7.86. The maximum atomic E-state index is 13.8. The van der Waals surface area contributed by atoms with Gasteiger partial charge in [0.15, 0.2) is 0 Å². The summed E-state index contributed by atoms with van der Waals surface area (Å²) >= 11 is 6.38. The summed E-state index contributed by atoms with van der Waals surface area (Å²) in [6.07, 6.45) is 0. The van der Waals surface area contributed by atoms with Crippen molar-refractivity contribution in [3.8, 4) is 0 Å². The molecule has 0 saturated carbocycles. The highest BCUT2D eigenvalue weighted by Crippen LogP contribution is 2.34. The van der Waals surface area contributed by atoms with E-state index in [4.69, 9.17) is 11.6 Å². The van der Waals surface area contributed by atoms with E-state index in [1.165, 1.54) is 6.07 Å². The molecular weight excluding hydrogens is 237 g/mol. The van der Waals surface area contributed by atoms with Gasteiger partial charge in [-0.3, -0.25) is 0 Å². The Morgan fingerprint density at radius 2 is 1.88 bits per heavy atom. The minimum absolute atomic E-state index is 0.281. The molecule has 0 aliphatic heterocycles. The molecule has 2 aromatic rings. The maximum absolute atomic E-state index is 13.8. The van der Waals surface area contributed by atoms with E-state index in [-0.39, 0.29) is 11.7 Å². The van der Waals surface area contributed by atoms with Crippen LogP contribution in [0.15, 0.2) is 12.1 Å². The lowest BCUT2D eigenvalue weighted by Gasteiger charge is -2.14. The first-order valence-corrected chi connectivity index (χ1v) is 6.05. The van der Waals surface area contributed by atoms with Gasteiger partial charge in [0, 0.05) is 11.1 Å². The fourth-order valence-corrected chi connectivity index (χ4v) is 2.72. The summed E-state index contributed by atoms with van der Waals surface area (Å²) in [7, 11) is 0. The van der Waals surface area contributed by atoms with Crippen LogP contribution >= 0.6 is 11.6 Å². The molecule has 0 bridgehead atoms. The Kier molecular flexibility index (Phi) is 3.09. The van der Waals surface area contributed by atoms with Crippen molar-refractivity contribution >= 4 is 22.5 Å². The third-order valence-corrected chi connectivity index (χ3v) is 3.33. The van der Waals surface area contributed by atoms with E-state index in [2.05, 4.69) is 18.8 Å². The van der Waals surface area contributed by atoms with Crippen molar-refractivity contribution in [2.24, 2.45) is 0 Å². The van der Waals surface area contributed by atoms with E-state index >= 15 is 0 Å². The molecule has 17 heavy (non-hydrogen) atoms. The number of aromatic nitrogens is 1. The average molecular weight is 252 g/mol. The number of hydrogen-bond donors (Lipinski definition) is 0. The maximum Gasteiger partial charge on any atom is 0.149 e. The zero-order valence-electron chi connectivity index (χ0n) is 10.4. The fourth-order valence-electron chi connectivity index (χ4n) is 2.22. The summed E-state index contributed by atoms with van der Waals surface area (Å²) in [5.74, 6) is -0.0247. The molecule has 0 aliphatic carbocycles. The molecule has 1 nitrogen and oxygen atoms in total. The van der Waals surface area contributed by atoms with Crippen LogP contribution < -0.4 is 0 Å². The van der Waals surface area contributed by atoms with E-state index in [9.17, 15) is 4.39 Å². The summed E-state index contributed by atoms with van der Waals surface area (Å²) in [6, 6.07) is 3.37. The lowest BCUT2D eigenvalue weighted by Crippen LogP contribution is -1.99. The van der Waals surface area contributed by atoms with Crippen LogP contribution in [0.2, 0.25) is 5.02 Å². The van der Waals surface area contributed by atoms with Gasteiger partial charge < -0.3 is 0 Å². The topological polar surface area (TPSA) is 12.9 Å². The molecule has 0 unspecified atom stereocenters. The van der Waals surface area contributed by atoms with Crippen molar-refractivity contribution < 1.29 is 4.39 Å². The Labute approximate surface area is 106 Å². The first-order valence-electron chi connectivity index (χ1n) is 5.67. The smallest absolute Gasteiger partial charge is 0.149 e. The monoisotopic (exact) mass is 251 g/mol. The van der Waals surface area contributed by atoms with Crippen molar-refractivity contribution in [1.82, 2.24) is 4.98 Å². The molecule has 3 heteroatoms. The molecule has 0 N–H and O–H groups in total. The van der Waals surface area contributed by atoms with Gasteiger partial charge in [0.1, 0.15) is 11.3 Å². The molecule has 0 amide bonds. The van der Waals surface area contributed by atoms with Gasteiger partial charge in [-0.05, 0) is 43.0 Å². The normalized spacial score (nSPS) is 11.5. The van der Waals surface area contributed by atoms with Gasteiger partial charge in [-0.1, -0.05) is 25.4 Å². The second-order valence-electron chi connectivity index (χ2n) is 4.72. The highest BCUT2D eigenvalue weighted by molar-refractivity contribution is 6.36. The number of rotatable bonds is 1. The molecule has 0 spiro atoms. The van der Waals surface area contributed by atoms with E-state index in [0.717, 1.165) is 16.8 Å². The van der Waals surface area contributed by atoms with Gasteiger partial charge in [-0.15, -0.1) is 0 Å². The first kappa shape index (κ1) is 12.3. The van der Waals surface area contributed by atoms with Crippen LogP contribution in [-0.4, -0.2) is 4.98 Å². The molecule has 2 rings (SSSR count). The Morgan fingerprint density at radius 3 is 2.47 bits per heavy atom. The summed E-state index contributed by atoms with van der Waals surface area (Å²) in [4.78, 5) is 4.34. The standard InChI is InChI=1S/C14H15ClFN/c1-7(2)12-9(4)17-14-10(13(12)15)5-8(3)6-11(14)16/h5-7H,1-4H3. The van der Waals surface area contributed by atoms with Crippen LogP contribution in [0.25, 0.3) is 10.9 Å². The third kappa shape index (κ3) is 2.02. The summed E-state index contributed by atoms with van der Waals surface area (Å²) < 4.78 is 13.8. The van der Waals surface area contributed by atoms with Crippen molar-refractivity contribution in [3.05, 3.63) is 39.8 Å². The van der Waals surface area contributed by atoms with Crippen molar-refractivity contribution in [1.29, 1.82) is 0 Å². The highest BCUT2D eigenvalue weighted by Gasteiger charge is 2.16. The van der Waals surface area contributed by atoms with E-state index in [1.807, 2.05) is 19.9 Å². The second kappa shape index (κ2) is 4.26. The van der Waals surface area contributed by atoms with E-state index in [0.29, 0.717) is 15.9 Å².